The topological polar surface area (TPSA) is 26.1 Å². The highest BCUT2D eigenvalue weighted by Gasteiger charge is 1.96. The lowest BCUT2D eigenvalue weighted by Gasteiger charge is -2.00. The number of para-hydroxylation sites is 1. The monoisotopic (exact) mass is 163 g/mol. The lowest BCUT2D eigenvalue weighted by Crippen LogP contribution is -1.96. The van der Waals surface area contributed by atoms with Crippen molar-refractivity contribution in [2.45, 2.75) is 19.8 Å². The predicted molar refractivity (Wildman–Crippen MR) is 50.7 cm³/mol. The second-order valence-corrected chi connectivity index (χ2v) is 2.63. The van der Waals surface area contributed by atoms with E-state index in [9.17, 15) is 5.21 Å². The Morgan fingerprint density at radius 3 is 2.58 bits per heavy atom. The minimum Gasteiger partial charge on any atom is -0.619 e. The van der Waals surface area contributed by atoms with Gasteiger partial charge in [0.1, 0.15) is 0 Å². The summed E-state index contributed by atoms with van der Waals surface area (Å²) in [4.78, 5) is 0. The van der Waals surface area contributed by atoms with E-state index in [2.05, 4.69) is 6.92 Å². The van der Waals surface area contributed by atoms with Crippen LogP contribution < -0.4 is 0 Å². The van der Waals surface area contributed by atoms with E-state index < -0.39 is 0 Å². The van der Waals surface area contributed by atoms with Crippen molar-refractivity contribution in [3.63, 3.8) is 0 Å². The van der Waals surface area contributed by atoms with Gasteiger partial charge in [0.05, 0.1) is 0 Å². The molecule has 0 unspecified atom stereocenters. The standard InChI is InChI=1S/C10H13NO/c1-2-3-9-11(12)10-7-5-4-6-8-10/h4-9H,2-3H2,1H3/b11-9-. The first kappa shape index (κ1) is 8.78. The van der Waals surface area contributed by atoms with Crippen LogP contribution in [0.15, 0.2) is 30.3 Å². The molecular formula is C10H13NO. The van der Waals surface area contributed by atoms with Crippen LogP contribution in [0.3, 0.4) is 0 Å². The Balaban J connectivity index is 2.71. The van der Waals surface area contributed by atoms with Crippen molar-refractivity contribution >= 4 is 11.9 Å². The largest absolute Gasteiger partial charge is 0.619 e. The Labute approximate surface area is 72.7 Å². The molecule has 0 heterocycles. The maximum absolute atomic E-state index is 11.3. The second-order valence-electron chi connectivity index (χ2n) is 2.63. The van der Waals surface area contributed by atoms with Crippen molar-refractivity contribution in [1.29, 1.82) is 0 Å². The van der Waals surface area contributed by atoms with Crippen molar-refractivity contribution in [2.24, 2.45) is 0 Å². The highest BCUT2D eigenvalue weighted by molar-refractivity contribution is 5.53. The number of unbranched alkanes of at least 4 members (excludes halogenated alkanes) is 1. The lowest BCUT2D eigenvalue weighted by atomic mass is 10.3. The van der Waals surface area contributed by atoms with E-state index in [0.29, 0.717) is 5.69 Å². The minimum atomic E-state index is 0.700. The molecule has 0 spiro atoms. The maximum atomic E-state index is 11.3. The van der Waals surface area contributed by atoms with E-state index in [1.165, 1.54) is 0 Å². The first-order chi connectivity index (χ1) is 5.84. The van der Waals surface area contributed by atoms with Crippen LogP contribution in [0.4, 0.5) is 5.69 Å². The zero-order chi connectivity index (χ0) is 8.81. The third-order valence-electron chi connectivity index (χ3n) is 1.59. The quantitative estimate of drug-likeness (QED) is 0.291. The first-order valence-corrected chi connectivity index (χ1v) is 4.19. The van der Waals surface area contributed by atoms with Crippen LogP contribution in [-0.2, 0) is 0 Å². The molecule has 64 valence electrons. The summed E-state index contributed by atoms with van der Waals surface area (Å²) in [5.41, 5.74) is 0.700. The van der Waals surface area contributed by atoms with Gasteiger partial charge in [-0.1, -0.05) is 25.1 Å². The Morgan fingerprint density at radius 1 is 1.33 bits per heavy atom. The molecule has 0 N–H and O–H groups in total. The number of benzene rings is 1. The fraction of sp³-hybridized carbons (Fsp3) is 0.300. The summed E-state index contributed by atoms with van der Waals surface area (Å²) in [6, 6.07) is 9.23. The Kier molecular flexibility index (Phi) is 3.33. The molecule has 0 aromatic heterocycles. The smallest absolute Gasteiger partial charge is 0.216 e. The molecule has 0 atom stereocenters. The molecule has 1 rings (SSSR count). The first-order valence-electron chi connectivity index (χ1n) is 4.19. The zero-order valence-corrected chi connectivity index (χ0v) is 7.23. The summed E-state index contributed by atoms with van der Waals surface area (Å²) >= 11 is 0. The van der Waals surface area contributed by atoms with Gasteiger partial charge in [-0.05, 0) is 6.42 Å². The van der Waals surface area contributed by atoms with E-state index in [4.69, 9.17) is 0 Å². The van der Waals surface area contributed by atoms with Crippen LogP contribution in [0.1, 0.15) is 19.8 Å². The molecule has 12 heavy (non-hydrogen) atoms. The lowest BCUT2D eigenvalue weighted by molar-refractivity contribution is -0.356. The Bertz CT molecular complexity index is 254. The number of hydrogen-bond acceptors (Lipinski definition) is 1. The summed E-state index contributed by atoms with van der Waals surface area (Å²) < 4.78 is 0.920. The van der Waals surface area contributed by atoms with Gasteiger partial charge in [0.2, 0.25) is 5.69 Å². The average Bonchev–Trinajstić information content (AvgIpc) is 2.15. The van der Waals surface area contributed by atoms with Crippen molar-refractivity contribution in [2.75, 3.05) is 0 Å². The molecule has 0 fully saturated rings. The van der Waals surface area contributed by atoms with Crippen molar-refractivity contribution in [3.05, 3.63) is 35.5 Å². The summed E-state index contributed by atoms with van der Waals surface area (Å²) in [6.07, 6.45) is 3.50. The predicted octanol–water partition coefficient (Wildman–Crippen LogP) is 2.70. The van der Waals surface area contributed by atoms with Crippen LogP contribution >= 0.6 is 0 Å². The minimum absolute atomic E-state index is 0.700. The molecular weight excluding hydrogens is 150 g/mol. The van der Waals surface area contributed by atoms with E-state index in [1.54, 1.807) is 18.3 Å². The van der Waals surface area contributed by atoms with Gasteiger partial charge in [-0.3, -0.25) is 0 Å². The molecule has 0 aliphatic carbocycles. The van der Waals surface area contributed by atoms with Gasteiger partial charge in [0, 0.05) is 18.6 Å². The summed E-state index contributed by atoms with van der Waals surface area (Å²) in [6.45, 7) is 2.05. The van der Waals surface area contributed by atoms with E-state index in [1.807, 2.05) is 18.2 Å². The summed E-state index contributed by atoms with van der Waals surface area (Å²) in [5.74, 6) is 0. The van der Waals surface area contributed by atoms with Crippen LogP contribution in [0.25, 0.3) is 0 Å². The van der Waals surface area contributed by atoms with Gasteiger partial charge in [0.15, 0.2) is 6.21 Å². The SMILES string of the molecule is CCC/C=[N+](\[O-])c1ccccc1. The van der Waals surface area contributed by atoms with Crippen molar-refractivity contribution in [1.82, 2.24) is 0 Å². The summed E-state index contributed by atoms with van der Waals surface area (Å²) in [7, 11) is 0. The molecule has 0 saturated carbocycles. The van der Waals surface area contributed by atoms with Crippen molar-refractivity contribution in [3.8, 4) is 0 Å². The molecule has 0 amide bonds. The van der Waals surface area contributed by atoms with E-state index in [0.717, 1.165) is 17.6 Å². The fourth-order valence-electron chi connectivity index (χ4n) is 0.927. The molecule has 1 aromatic rings. The van der Waals surface area contributed by atoms with Crippen LogP contribution in [-0.4, -0.2) is 11.0 Å². The van der Waals surface area contributed by atoms with Crippen LogP contribution in [0, 0.1) is 5.21 Å². The molecule has 2 heteroatoms. The van der Waals surface area contributed by atoms with Crippen molar-refractivity contribution < 1.29 is 4.74 Å². The third kappa shape index (κ3) is 2.38. The maximum Gasteiger partial charge on any atom is 0.216 e. The van der Waals surface area contributed by atoms with E-state index >= 15 is 0 Å². The summed E-state index contributed by atoms with van der Waals surface area (Å²) in [5, 5.41) is 11.3. The van der Waals surface area contributed by atoms with Gasteiger partial charge in [0.25, 0.3) is 0 Å². The molecule has 0 aliphatic heterocycles. The van der Waals surface area contributed by atoms with Gasteiger partial charge in [-0.15, -0.1) is 0 Å². The molecule has 1 aromatic carbocycles. The van der Waals surface area contributed by atoms with Crippen LogP contribution in [0.5, 0.6) is 0 Å². The Hall–Kier alpha value is -1.31. The average molecular weight is 163 g/mol. The highest BCUT2D eigenvalue weighted by Crippen LogP contribution is 2.08. The normalized spacial score (nSPS) is 11.6. The van der Waals surface area contributed by atoms with E-state index in [-0.39, 0.29) is 0 Å². The highest BCUT2D eigenvalue weighted by atomic mass is 16.5. The Morgan fingerprint density at radius 2 is 2.00 bits per heavy atom. The van der Waals surface area contributed by atoms with Gasteiger partial charge in [-0.2, -0.15) is 4.74 Å². The molecule has 2 nitrogen and oxygen atoms in total. The fourth-order valence-corrected chi connectivity index (χ4v) is 0.927. The number of rotatable bonds is 3. The van der Waals surface area contributed by atoms with Gasteiger partial charge >= 0.3 is 0 Å². The zero-order valence-electron chi connectivity index (χ0n) is 7.23. The number of hydrogen-bond donors (Lipinski definition) is 0. The molecule has 0 saturated heterocycles. The molecule has 0 radical (unpaired) electrons. The number of nitrogens with zero attached hydrogens (tertiary/aromatic N) is 1. The molecule has 0 aliphatic rings. The second kappa shape index (κ2) is 4.54. The third-order valence-corrected chi connectivity index (χ3v) is 1.59. The molecule has 0 bridgehead atoms. The van der Waals surface area contributed by atoms with Gasteiger partial charge in [-0.25, -0.2) is 0 Å². The van der Waals surface area contributed by atoms with Gasteiger partial charge < -0.3 is 5.21 Å². The van der Waals surface area contributed by atoms with Crippen LogP contribution in [0.2, 0.25) is 0 Å².